The first-order valence-electron chi connectivity index (χ1n) is 9.85. The van der Waals surface area contributed by atoms with Crippen molar-refractivity contribution in [2.45, 2.75) is 46.1 Å². The molecule has 0 radical (unpaired) electrons. The highest BCUT2D eigenvalue weighted by Crippen LogP contribution is 2.20. The van der Waals surface area contributed by atoms with Crippen molar-refractivity contribution >= 4 is 38.9 Å². The minimum atomic E-state index is -0.0709. The van der Waals surface area contributed by atoms with Gasteiger partial charge < -0.3 is 5.32 Å². The number of amides is 1. The highest BCUT2D eigenvalue weighted by Gasteiger charge is 2.17. The van der Waals surface area contributed by atoms with Crippen LogP contribution in [0.25, 0.3) is 16.0 Å². The van der Waals surface area contributed by atoms with Crippen molar-refractivity contribution in [3.05, 3.63) is 57.5 Å². The average Bonchev–Trinajstić information content (AvgIpc) is 3.36. The molecule has 0 aliphatic rings. The van der Waals surface area contributed by atoms with Gasteiger partial charge in [0.2, 0.25) is 11.7 Å². The molecule has 0 fully saturated rings. The standard InChI is InChI=1S/C21H23N5O2S/c1-3-11-25-20(28)19-16(10-12-29-19)26-17(23-24-21(25)26)8-9-18(27)22-15-7-5-6-14(4-2)13-15/h5-7,10,12-13H,3-4,8-9,11H2,1-2H3,(H,22,27). The predicted octanol–water partition coefficient (Wildman–Crippen LogP) is 3.65. The van der Waals surface area contributed by atoms with Gasteiger partial charge in [0.1, 0.15) is 10.5 Å². The maximum absolute atomic E-state index is 12.8. The maximum Gasteiger partial charge on any atom is 0.272 e. The molecule has 29 heavy (non-hydrogen) atoms. The third-order valence-electron chi connectivity index (χ3n) is 4.92. The Bertz CT molecular complexity index is 1240. The second kappa shape index (κ2) is 8.16. The number of fused-ring (bicyclic) bond motifs is 3. The molecule has 1 N–H and O–H groups in total. The summed E-state index contributed by atoms with van der Waals surface area (Å²) in [4.78, 5) is 25.2. The number of thiophene rings is 1. The van der Waals surface area contributed by atoms with E-state index in [0.717, 1.165) is 24.0 Å². The molecule has 0 spiro atoms. The van der Waals surface area contributed by atoms with Crippen LogP contribution < -0.4 is 10.9 Å². The van der Waals surface area contributed by atoms with Crippen molar-refractivity contribution in [3.63, 3.8) is 0 Å². The van der Waals surface area contributed by atoms with Crippen LogP contribution in [0.2, 0.25) is 0 Å². The lowest BCUT2D eigenvalue weighted by Gasteiger charge is -2.09. The van der Waals surface area contributed by atoms with Crippen molar-refractivity contribution < 1.29 is 4.79 Å². The van der Waals surface area contributed by atoms with Gasteiger partial charge in [0, 0.05) is 25.1 Å². The highest BCUT2D eigenvalue weighted by molar-refractivity contribution is 7.17. The van der Waals surface area contributed by atoms with Crippen LogP contribution in [0.5, 0.6) is 0 Å². The van der Waals surface area contributed by atoms with Crippen LogP contribution in [-0.4, -0.2) is 25.1 Å². The number of carbonyl (C=O) groups is 1. The molecule has 8 heteroatoms. The summed E-state index contributed by atoms with van der Waals surface area (Å²) in [5.41, 5.74) is 2.76. The maximum atomic E-state index is 12.8. The Morgan fingerprint density at radius 1 is 1.21 bits per heavy atom. The van der Waals surface area contributed by atoms with Gasteiger partial charge in [0.05, 0.1) is 5.52 Å². The summed E-state index contributed by atoms with van der Waals surface area (Å²) in [6.07, 6.45) is 2.48. The fraction of sp³-hybridized carbons (Fsp3) is 0.333. The van der Waals surface area contributed by atoms with E-state index < -0.39 is 0 Å². The molecule has 0 saturated heterocycles. The van der Waals surface area contributed by atoms with Crippen LogP contribution in [-0.2, 0) is 24.2 Å². The van der Waals surface area contributed by atoms with E-state index in [9.17, 15) is 9.59 Å². The van der Waals surface area contributed by atoms with Gasteiger partial charge in [-0.2, -0.15) is 0 Å². The highest BCUT2D eigenvalue weighted by atomic mass is 32.1. The van der Waals surface area contributed by atoms with E-state index in [0.29, 0.717) is 29.3 Å². The van der Waals surface area contributed by atoms with Gasteiger partial charge in [0.15, 0.2) is 0 Å². The largest absolute Gasteiger partial charge is 0.326 e. The number of hydrogen-bond donors (Lipinski definition) is 1. The van der Waals surface area contributed by atoms with E-state index in [-0.39, 0.29) is 17.9 Å². The Balaban J connectivity index is 1.60. The monoisotopic (exact) mass is 409 g/mol. The third kappa shape index (κ3) is 3.67. The molecule has 0 atom stereocenters. The minimum absolute atomic E-state index is 0.0307. The van der Waals surface area contributed by atoms with Crippen LogP contribution in [0.4, 0.5) is 5.69 Å². The number of hydrogen-bond acceptors (Lipinski definition) is 5. The molecule has 3 heterocycles. The van der Waals surface area contributed by atoms with Gasteiger partial charge in [0.25, 0.3) is 5.56 Å². The fourth-order valence-corrected chi connectivity index (χ4v) is 4.31. The SMILES string of the molecule is CCCn1c(=O)c2sccc2n2c(CCC(=O)Nc3cccc(CC)c3)nnc12. The summed E-state index contributed by atoms with van der Waals surface area (Å²) in [7, 11) is 0. The summed E-state index contributed by atoms with van der Waals surface area (Å²) in [6.45, 7) is 4.69. The Labute approximate surface area is 172 Å². The van der Waals surface area contributed by atoms with E-state index in [4.69, 9.17) is 0 Å². The zero-order chi connectivity index (χ0) is 20.4. The smallest absolute Gasteiger partial charge is 0.272 e. The first kappa shape index (κ1) is 19.3. The molecule has 0 bridgehead atoms. The molecule has 4 rings (SSSR count). The van der Waals surface area contributed by atoms with E-state index in [2.05, 4.69) is 22.4 Å². The third-order valence-corrected chi connectivity index (χ3v) is 5.81. The van der Waals surface area contributed by atoms with Gasteiger partial charge in [-0.05, 0) is 42.0 Å². The number of rotatable bonds is 7. The van der Waals surface area contributed by atoms with Crippen LogP contribution in [0.3, 0.4) is 0 Å². The number of benzene rings is 1. The number of anilines is 1. The predicted molar refractivity (Wildman–Crippen MR) is 116 cm³/mol. The summed E-state index contributed by atoms with van der Waals surface area (Å²) in [6, 6.07) is 9.78. The van der Waals surface area contributed by atoms with Crippen LogP contribution in [0, 0.1) is 0 Å². The topological polar surface area (TPSA) is 81.3 Å². The first-order chi connectivity index (χ1) is 14.1. The van der Waals surface area contributed by atoms with Gasteiger partial charge >= 0.3 is 0 Å². The fourth-order valence-electron chi connectivity index (χ4n) is 3.49. The molecule has 0 aliphatic carbocycles. The normalized spacial score (nSPS) is 11.4. The van der Waals surface area contributed by atoms with Gasteiger partial charge in [-0.1, -0.05) is 26.0 Å². The number of aryl methyl sites for hydroxylation is 3. The van der Waals surface area contributed by atoms with Crippen LogP contribution >= 0.6 is 11.3 Å². The molecule has 150 valence electrons. The Morgan fingerprint density at radius 2 is 2.07 bits per heavy atom. The van der Waals surface area contributed by atoms with Gasteiger partial charge in [-0.3, -0.25) is 18.6 Å². The van der Waals surface area contributed by atoms with Gasteiger partial charge in [-0.25, -0.2) is 0 Å². The first-order valence-corrected chi connectivity index (χ1v) is 10.7. The molecule has 7 nitrogen and oxygen atoms in total. The summed E-state index contributed by atoms with van der Waals surface area (Å²) in [5.74, 6) is 1.15. The zero-order valence-corrected chi connectivity index (χ0v) is 17.3. The number of carbonyl (C=O) groups excluding carboxylic acids is 1. The van der Waals surface area contributed by atoms with Gasteiger partial charge in [-0.15, -0.1) is 21.5 Å². The van der Waals surface area contributed by atoms with E-state index in [1.165, 1.54) is 16.9 Å². The van der Waals surface area contributed by atoms with Crippen molar-refractivity contribution in [2.24, 2.45) is 0 Å². The molecule has 1 amide bonds. The lowest BCUT2D eigenvalue weighted by atomic mass is 10.1. The van der Waals surface area contributed by atoms with E-state index in [1.807, 2.05) is 47.0 Å². The van der Waals surface area contributed by atoms with Crippen molar-refractivity contribution in [1.29, 1.82) is 0 Å². The molecule has 0 unspecified atom stereocenters. The van der Waals surface area contributed by atoms with Crippen molar-refractivity contribution in [1.82, 2.24) is 19.2 Å². The second-order valence-electron chi connectivity index (χ2n) is 6.95. The average molecular weight is 410 g/mol. The molecule has 1 aromatic carbocycles. The summed E-state index contributed by atoms with van der Waals surface area (Å²) in [5, 5.41) is 13.4. The molecular weight excluding hydrogens is 386 g/mol. The lowest BCUT2D eigenvalue weighted by Crippen LogP contribution is -2.22. The number of nitrogens with zero attached hydrogens (tertiary/aromatic N) is 4. The van der Waals surface area contributed by atoms with Crippen molar-refractivity contribution in [3.8, 4) is 0 Å². The molecular formula is C21H23N5O2S. The van der Waals surface area contributed by atoms with E-state index >= 15 is 0 Å². The Morgan fingerprint density at radius 3 is 2.86 bits per heavy atom. The summed E-state index contributed by atoms with van der Waals surface area (Å²) < 4.78 is 4.27. The minimum Gasteiger partial charge on any atom is -0.326 e. The van der Waals surface area contributed by atoms with Crippen LogP contribution in [0.15, 0.2) is 40.5 Å². The van der Waals surface area contributed by atoms with Crippen molar-refractivity contribution in [2.75, 3.05) is 5.32 Å². The number of nitrogens with one attached hydrogen (secondary N) is 1. The lowest BCUT2D eigenvalue weighted by molar-refractivity contribution is -0.116. The quantitative estimate of drug-likeness (QED) is 0.505. The molecule has 0 aliphatic heterocycles. The molecule has 3 aromatic heterocycles. The zero-order valence-electron chi connectivity index (χ0n) is 16.5. The Kier molecular flexibility index (Phi) is 5.44. The summed E-state index contributed by atoms with van der Waals surface area (Å²) >= 11 is 1.42. The van der Waals surface area contributed by atoms with E-state index in [1.54, 1.807) is 4.57 Å². The number of aromatic nitrogens is 4. The second-order valence-corrected chi connectivity index (χ2v) is 7.86. The Hall–Kier alpha value is -3.00. The molecule has 0 saturated carbocycles. The van der Waals surface area contributed by atoms with Crippen LogP contribution in [0.1, 0.15) is 38.1 Å². The molecule has 4 aromatic rings.